The minimum absolute atomic E-state index is 0.0152. The Hall–Kier alpha value is -2.82. The third-order valence-corrected chi connectivity index (χ3v) is 8.11. The van der Waals surface area contributed by atoms with Gasteiger partial charge in [-0.3, -0.25) is 4.79 Å². The van der Waals surface area contributed by atoms with Gasteiger partial charge in [0.25, 0.3) is 0 Å². The number of carbonyl (C=O) groups excluding carboxylic acids is 1. The van der Waals surface area contributed by atoms with Gasteiger partial charge in [0.05, 0.1) is 5.92 Å². The van der Waals surface area contributed by atoms with E-state index in [9.17, 15) is 17.6 Å². The molecule has 1 N–H and O–H groups in total. The molecule has 0 bridgehead atoms. The summed E-state index contributed by atoms with van der Waals surface area (Å²) in [5.41, 5.74) is 1.13. The first-order valence-corrected chi connectivity index (χ1v) is 12.9. The van der Waals surface area contributed by atoms with Crippen LogP contribution in [0.15, 0.2) is 62.4 Å². The minimum Gasteiger partial charge on any atom is -0.355 e. The standard InChI is InChI=1S/C24H23BrFN3O4S/c1-16-23(22(33-28-16)12-11-17-6-2-3-10-21(17)26)34(31,32)29-13-5-7-18(15-29)24(30)27-20-9-4-8-19(25)14-20/h2-4,6,8-12,14,18H,5,7,13,15H2,1H3,(H,27,30)/b12-11+. The molecule has 0 saturated carbocycles. The molecule has 10 heteroatoms. The second-order valence-electron chi connectivity index (χ2n) is 8.02. The second-order valence-corrected chi connectivity index (χ2v) is 10.8. The topological polar surface area (TPSA) is 92.5 Å². The van der Waals surface area contributed by atoms with Crippen molar-refractivity contribution in [1.82, 2.24) is 9.46 Å². The van der Waals surface area contributed by atoms with Crippen molar-refractivity contribution in [3.8, 4) is 0 Å². The molecule has 178 valence electrons. The number of nitrogens with zero attached hydrogens (tertiary/aromatic N) is 2. The maximum absolute atomic E-state index is 14.0. The van der Waals surface area contributed by atoms with Crippen molar-refractivity contribution in [3.63, 3.8) is 0 Å². The third kappa shape index (κ3) is 5.29. The molecule has 4 rings (SSSR count). The van der Waals surface area contributed by atoms with E-state index in [1.54, 1.807) is 30.3 Å². The number of benzene rings is 2. The van der Waals surface area contributed by atoms with Gasteiger partial charge in [0.2, 0.25) is 15.9 Å². The molecule has 2 aromatic carbocycles. The molecule has 0 aliphatic carbocycles. The van der Waals surface area contributed by atoms with Crippen molar-refractivity contribution in [2.45, 2.75) is 24.7 Å². The molecule has 1 amide bonds. The number of carbonyl (C=O) groups is 1. The lowest BCUT2D eigenvalue weighted by atomic mass is 9.99. The fourth-order valence-electron chi connectivity index (χ4n) is 3.89. The highest BCUT2D eigenvalue weighted by Gasteiger charge is 2.37. The SMILES string of the molecule is Cc1noc(/C=C/c2ccccc2F)c1S(=O)(=O)N1CCCC(C(=O)Nc2cccc(Br)c2)C1. The van der Waals surface area contributed by atoms with Crippen LogP contribution in [0.3, 0.4) is 0 Å². The average Bonchev–Trinajstić information content (AvgIpc) is 3.19. The molecular formula is C24H23BrFN3O4S. The molecule has 1 aliphatic heterocycles. The summed E-state index contributed by atoms with van der Waals surface area (Å²) in [5.74, 6) is -1.16. The van der Waals surface area contributed by atoms with Crippen LogP contribution in [0.5, 0.6) is 0 Å². The van der Waals surface area contributed by atoms with Crippen molar-refractivity contribution in [2.24, 2.45) is 5.92 Å². The van der Waals surface area contributed by atoms with Crippen LogP contribution < -0.4 is 5.32 Å². The van der Waals surface area contributed by atoms with Crippen LogP contribution in [0.25, 0.3) is 12.2 Å². The largest absolute Gasteiger partial charge is 0.355 e. The number of nitrogens with one attached hydrogen (secondary N) is 1. The first kappa shape index (κ1) is 24.3. The van der Waals surface area contributed by atoms with Gasteiger partial charge in [-0.05, 0) is 56.2 Å². The van der Waals surface area contributed by atoms with Crippen molar-refractivity contribution in [3.05, 3.63) is 75.8 Å². The number of sulfonamides is 1. The molecule has 1 saturated heterocycles. The highest BCUT2D eigenvalue weighted by Crippen LogP contribution is 2.30. The van der Waals surface area contributed by atoms with E-state index in [1.807, 2.05) is 12.1 Å². The molecular weight excluding hydrogens is 525 g/mol. The minimum atomic E-state index is -4.00. The van der Waals surface area contributed by atoms with Crippen molar-refractivity contribution in [1.29, 1.82) is 0 Å². The zero-order valence-corrected chi connectivity index (χ0v) is 20.8. The van der Waals surface area contributed by atoms with E-state index in [0.717, 1.165) is 4.47 Å². The van der Waals surface area contributed by atoms with E-state index < -0.39 is 21.8 Å². The van der Waals surface area contributed by atoms with Gasteiger partial charge < -0.3 is 9.84 Å². The lowest BCUT2D eigenvalue weighted by molar-refractivity contribution is -0.120. The van der Waals surface area contributed by atoms with Gasteiger partial charge in [-0.1, -0.05) is 45.4 Å². The normalized spacial score (nSPS) is 17.2. The summed E-state index contributed by atoms with van der Waals surface area (Å²) < 4.78 is 48.4. The van der Waals surface area contributed by atoms with Crippen LogP contribution >= 0.6 is 15.9 Å². The number of anilines is 1. The Balaban J connectivity index is 1.54. The zero-order valence-electron chi connectivity index (χ0n) is 18.4. The van der Waals surface area contributed by atoms with E-state index in [4.69, 9.17) is 4.52 Å². The summed E-state index contributed by atoms with van der Waals surface area (Å²) in [5, 5.41) is 6.68. The maximum atomic E-state index is 14.0. The Morgan fingerprint density at radius 3 is 2.79 bits per heavy atom. The lowest BCUT2D eigenvalue weighted by Gasteiger charge is -2.31. The van der Waals surface area contributed by atoms with E-state index in [1.165, 1.54) is 29.4 Å². The number of piperidine rings is 1. The molecule has 1 unspecified atom stereocenters. The summed E-state index contributed by atoms with van der Waals surface area (Å²) in [6, 6.07) is 13.4. The van der Waals surface area contributed by atoms with Gasteiger partial charge in [-0.15, -0.1) is 0 Å². The Bertz CT molecular complexity index is 1340. The monoisotopic (exact) mass is 547 g/mol. The second kappa shape index (κ2) is 10.2. The lowest BCUT2D eigenvalue weighted by Crippen LogP contribution is -2.43. The molecule has 34 heavy (non-hydrogen) atoms. The van der Waals surface area contributed by atoms with Gasteiger partial charge in [-0.25, -0.2) is 12.8 Å². The van der Waals surface area contributed by atoms with Crippen molar-refractivity contribution >= 4 is 49.7 Å². The number of amides is 1. The summed E-state index contributed by atoms with van der Waals surface area (Å²) in [7, 11) is -4.00. The first-order valence-electron chi connectivity index (χ1n) is 10.7. The molecule has 1 aliphatic rings. The van der Waals surface area contributed by atoms with Crippen LogP contribution in [-0.4, -0.2) is 36.9 Å². The van der Waals surface area contributed by atoms with Gasteiger partial charge in [0, 0.05) is 28.8 Å². The summed E-state index contributed by atoms with van der Waals surface area (Å²) in [4.78, 5) is 12.8. The van der Waals surface area contributed by atoms with E-state index >= 15 is 0 Å². The van der Waals surface area contributed by atoms with Crippen LogP contribution in [0.2, 0.25) is 0 Å². The number of halogens is 2. The highest BCUT2D eigenvalue weighted by molar-refractivity contribution is 9.10. The number of rotatable bonds is 6. The fourth-order valence-corrected chi connectivity index (χ4v) is 6.06. The molecule has 0 spiro atoms. The summed E-state index contributed by atoms with van der Waals surface area (Å²) >= 11 is 3.37. The molecule has 7 nitrogen and oxygen atoms in total. The predicted molar refractivity (Wildman–Crippen MR) is 131 cm³/mol. The fraction of sp³-hybridized carbons (Fsp3) is 0.250. The van der Waals surface area contributed by atoms with Gasteiger partial charge in [-0.2, -0.15) is 4.31 Å². The number of hydrogen-bond donors (Lipinski definition) is 1. The smallest absolute Gasteiger partial charge is 0.248 e. The maximum Gasteiger partial charge on any atom is 0.248 e. The van der Waals surface area contributed by atoms with Crippen LogP contribution in [0, 0.1) is 18.7 Å². The number of hydrogen-bond acceptors (Lipinski definition) is 5. The predicted octanol–water partition coefficient (Wildman–Crippen LogP) is 5.09. The molecule has 3 aromatic rings. The van der Waals surface area contributed by atoms with E-state index in [2.05, 4.69) is 26.4 Å². The van der Waals surface area contributed by atoms with Crippen molar-refractivity contribution < 1.29 is 22.1 Å². The Kier molecular flexibility index (Phi) is 7.30. The molecule has 1 aromatic heterocycles. The first-order chi connectivity index (χ1) is 16.3. The Morgan fingerprint density at radius 2 is 2.03 bits per heavy atom. The number of aromatic nitrogens is 1. The molecule has 1 atom stereocenters. The Labute approximate surface area is 205 Å². The Morgan fingerprint density at radius 1 is 1.24 bits per heavy atom. The quantitative estimate of drug-likeness (QED) is 0.463. The molecule has 0 radical (unpaired) electrons. The van der Waals surface area contributed by atoms with Gasteiger partial charge in [0.15, 0.2) is 10.7 Å². The number of aryl methyl sites for hydroxylation is 1. The van der Waals surface area contributed by atoms with Crippen LogP contribution in [0.1, 0.15) is 29.9 Å². The molecule has 1 fully saturated rings. The van der Waals surface area contributed by atoms with Crippen LogP contribution in [-0.2, 0) is 14.8 Å². The van der Waals surface area contributed by atoms with Gasteiger partial charge in [0.1, 0.15) is 11.5 Å². The molecule has 2 heterocycles. The zero-order chi connectivity index (χ0) is 24.3. The van der Waals surface area contributed by atoms with Crippen LogP contribution in [0.4, 0.5) is 10.1 Å². The van der Waals surface area contributed by atoms with Crippen molar-refractivity contribution in [2.75, 3.05) is 18.4 Å². The summed E-state index contributed by atoms with van der Waals surface area (Å²) in [6.07, 6.45) is 3.96. The third-order valence-electron chi connectivity index (χ3n) is 5.60. The van der Waals surface area contributed by atoms with E-state index in [-0.39, 0.29) is 35.3 Å². The van der Waals surface area contributed by atoms with E-state index in [0.29, 0.717) is 24.1 Å². The summed E-state index contributed by atoms with van der Waals surface area (Å²) in [6.45, 7) is 1.87. The van der Waals surface area contributed by atoms with Gasteiger partial charge >= 0.3 is 0 Å². The average molecular weight is 548 g/mol. The highest BCUT2D eigenvalue weighted by atomic mass is 79.9.